The zero-order valence-electron chi connectivity index (χ0n) is 21.0. The van der Waals surface area contributed by atoms with E-state index in [1.54, 1.807) is 19.9 Å². The van der Waals surface area contributed by atoms with Gasteiger partial charge in [0.2, 0.25) is 21.8 Å². The Morgan fingerprint density at radius 3 is 2.46 bits per heavy atom. The number of carbonyl (C=O) groups excluding carboxylic acids is 2. The number of anilines is 1. The van der Waals surface area contributed by atoms with Gasteiger partial charge in [-0.25, -0.2) is 8.42 Å². The third-order valence-electron chi connectivity index (χ3n) is 6.46. The van der Waals surface area contributed by atoms with Gasteiger partial charge in [-0.1, -0.05) is 47.0 Å². The first-order valence-electron chi connectivity index (χ1n) is 11.9. The molecule has 0 aromatic heterocycles. The fourth-order valence-electron chi connectivity index (χ4n) is 4.38. The summed E-state index contributed by atoms with van der Waals surface area (Å²) in [5.41, 5.74) is 0.947. The summed E-state index contributed by atoms with van der Waals surface area (Å²) < 4.78 is 27.2. The van der Waals surface area contributed by atoms with Gasteiger partial charge in [0.25, 0.3) is 5.69 Å². The Bertz CT molecular complexity index is 1280. The molecule has 2 aromatic rings. The Morgan fingerprint density at radius 2 is 1.86 bits per heavy atom. The Morgan fingerprint density at radius 1 is 1.19 bits per heavy atom. The van der Waals surface area contributed by atoms with Crippen molar-refractivity contribution in [1.82, 2.24) is 10.2 Å². The van der Waals surface area contributed by atoms with Crippen molar-refractivity contribution >= 4 is 49.1 Å². The van der Waals surface area contributed by atoms with E-state index in [-0.39, 0.29) is 29.9 Å². The van der Waals surface area contributed by atoms with Gasteiger partial charge in [-0.2, -0.15) is 0 Å². The predicted molar refractivity (Wildman–Crippen MR) is 145 cm³/mol. The number of hydrogen-bond acceptors (Lipinski definition) is 6. The van der Waals surface area contributed by atoms with Gasteiger partial charge in [-0.15, -0.1) is 0 Å². The summed E-state index contributed by atoms with van der Waals surface area (Å²) in [5.74, 6) is -0.918. The number of non-ortho nitro benzene ring substituents is 1. The molecule has 1 aliphatic rings. The molecule has 200 valence electrons. The van der Waals surface area contributed by atoms with Crippen LogP contribution in [0.4, 0.5) is 11.4 Å². The van der Waals surface area contributed by atoms with E-state index in [9.17, 15) is 28.1 Å². The number of nitro benzene ring substituents is 1. The van der Waals surface area contributed by atoms with E-state index in [2.05, 4.69) is 21.2 Å². The van der Waals surface area contributed by atoms with Crippen molar-refractivity contribution in [3.8, 4) is 0 Å². The SMILES string of the molecule is Cc1ccc([N+](=O)[O-])cc1N(CC(=O)N(Cc1cccc(Br)c1)[C@@H](C)C(=O)NC1CCCC1)S(C)(=O)=O. The van der Waals surface area contributed by atoms with Crippen molar-refractivity contribution < 1.29 is 22.9 Å². The molecule has 0 aliphatic heterocycles. The molecule has 0 radical (unpaired) electrons. The number of sulfonamides is 1. The molecule has 1 aliphatic carbocycles. The number of nitrogens with one attached hydrogen (secondary N) is 1. The molecule has 2 amide bonds. The number of amides is 2. The average Bonchev–Trinajstić information content (AvgIpc) is 3.33. The summed E-state index contributed by atoms with van der Waals surface area (Å²) >= 11 is 3.41. The van der Waals surface area contributed by atoms with Crippen LogP contribution >= 0.6 is 15.9 Å². The molecule has 1 fully saturated rings. The zero-order valence-corrected chi connectivity index (χ0v) is 23.4. The molecule has 0 heterocycles. The van der Waals surface area contributed by atoms with Gasteiger partial charge in [0.15, 0.2) is 0 Å². The highest BCUT2D eigenvalue weighted by atomic mass is 79.9. The molecule has 12 heteroatoms. The van der Waals surface area contributed by atoms with Gasteiger partial charge in [0.05, 0.1) is 16.9 Å². The van der Waals surface area contributed by atoms with Gasteiger partial charge >= 0.3 is 0 Å². The molecule has 10 nitrogen and oxygen atoms in total. The molecule has 2 aromatic carbocycles. The van der Waals surface area contributed by atoms with Crippen LogP contribution in [0.25, 0.3) is 0 Å². The number of hydrogen-bond donors (Lipinski definition) is 1. The number of benzene rings is 2. The lowest BCUT2D eigenvalue weighted by Gasteiger charge is -2.32. The van der Waals surface area contributed by atoms with E-state index in [0.29, 0.717) is 5.56 Å². The molecule has 37 heavy (non-hydrogen) atoms. The van der Waals surface area contributed by atoms with E-state index in [1.165, 1.54) is 17.0 Å². The molecule has 0 spiro atoms. The Kier molecular flexibility index (Phi) is 9.30. The van der Waals surface area contributed by atoms with Crippen LogP contribution < -0.4 is 9.62 Å². The maximum atomic E-state index is 13.7. The van der Waals surface area contributed by atoms with Crippen LogP contribution in [0.3, 0.4) is 0 Å². The van der Waals surface area contributed by atoms with Crippen molar-refractivity contribution in [2.45, 2.75) is 58.2 Å². The van der Waals surface area contributed by atoms with Crippen molar-refractivity contribution in [2.75, 3.05) is 17.1 Å². The molecule has 3 rings (SSSR count). The van der Waals surface area contributed by atoms with Gasteiger partial charge in [0.1, 0.15) is 12.6 Å². The maximum absolute atomic E-state index is 13.7. The minimum atomic E-state index is -4.00. The quantitative estimate of drug-likeness (QED) is 0.328. The summed E-state index contributed by atoms with van der Waals surface area (Å²) in [5, 5.41) is 14.3. The van der Waals surface area contributed by atoms with Crippen molar-refractivity contribution in [3.63, 3.8) is 0 Å². The third kappa shape index (κ3) is 7.51. The largest absolute Gasteiger partial charge is 0.352 e. The number of halogens is 1. The Balaban J connectivity index is 1.94. The lowest BCUT2D eigenvalue weighted by Crippen LogP contribution is -2.52. The highest BCUT2D eigenvalue weighted by Gasteiger charge is 2.32. The molecule has 1 N–H and O–H groups in total. The lowest BCUT2D eigenvalue weighted by atomic mass is 10.1. The first-order valence-corrected chi connectivity index (χ1v) is 14.6. The summed E-state index contributed by atoms with van der Waals surface area (Å²) in [7, 11) is -4.00. The number of nitrogens with zero attached hydrogens (tertiary/aromatic N) is 3. The molecular formula is C25H31BrN4O6S. The first-order chi connectivity index (χ1) is 17.4. The summed E-state index contributed by atoms with van der Waals surface area (Å²) in [6.07, 6.45) is 4.77. The molecule has 1 atom stereocenters. The van der Waals surface area contributed by atoms with Crippen LogP contribution in [-0.2, 0) is 26.2 Å². The molecule has 1 saturated carbocycles. The second-order valence-electron chi connectivity index (χ2n) is 9.32. The van der Waals surface area contributed by atoms with E-state index in [4.69, 9.17) is 0 Å². The van der Waals surface area contributed by atoms with Crippen LogP contribution in [-0.4, -0.2) is 54.9 Å². The highest BCUT2D eigenvalue weighted by Crippen LogP contribution is 2.28. The molecule has 0 bridgehead atoms. The zero-order chi connectivity index (χ0) is 27.3. The van der Waals surface area contributed by atoms with Crippen molar-refractivity contribution in [3.05, 3.63) is 68.2 Å². The number of carbonyl (C=O) groups is 2. The molecule has 0 unspecified atom stereocenters. The standard InChI is InChI=1S/C25H31BrN4O6S/c1-17-11-12-22(30(33)34)14-23(17)29(37(3,35)36)16-24(31)28(15-19-7-6-8-20(26)13-19)18(2)25(32)27-21-9-4-5-10-21/h6-8,11-14,18,21H,4-5,9-10,15-16H2,1-3H3,(H,27,32)/t18-/m0/s1. The minimum Gasteiger partial charge on any atom is -0.352 e. The predicted octanol–water partition coefficient (Wildman–Crippen LogP) is 3.91. The van der Waals surface area contributed by atoms with Crippen molar-refractivity contribution in [2.24, 2.45) is 0 Å². The molecular weight excluding hydrogens is 564 g/mol. The Labute approximate surface area is 225 Å². The number of rotatable bonds is 10. The van der Waals surface area contributed by atoms with Crippen LogP contribution in [0.15, 0.2) is 46.9 Å². The smallest absolute Gasteiger partial charge is 0.271 e. The van der Waals surface area contributed by atoms with Crippen LogP contribution in [0.1, 0.15) is 43.7 Å². The second kappa shape index (κ2) is 12.0. The average molecular weight is 596 g/mol. The van der Waals surface area contributed by atoms with Gasteiger partial charge in [-0.3, -0.25) is 24.0 Å². The van der Waals surface area contributed by atoms with Gasteiger partial charge < -0.3 is 10.2 Å². The number of nitro groups is 1. The van der Waals surface area contributed by atoms with Crippen molar-refractivity contribution in [1.29, 1.82) is 0 Å². The third-order valence-corrected chi connectivity index (χ3v) is 8.08. The van der Waals surface area contributed by atoms with Crippen LogP contribution in [0.5, 0.6) is 0 Å². The Hall–Kier alpha value is -2.99. The van der Waals surface area contributed by atoms with E-state index >= 15 is 0 Å². The van der Waals surface area contributed by atoms with E-state index < -0.39 is 33.4 Å². The number of aryl methyl sites for hydroxylation is 1. The monoisotopic (exact) mass is 594 g/mol. The van der Waals surface area contributed by atoms with E-state index in [0.717, 1.165) is 52.3 Å². The summed E-state index contributed by atoms with van der Waals surface area (Å²) in [6.45, 7) is 2.68. The van der Waals surface area contributed by atoms with Gasteiger partial charge in [-0.05, 0) is 49.9 Å². The van der Waals surface area contributed by atoms with Crippen LogP contribution in [0, 0.1) is 17.0 Å². The maximum Gasteiger partial charge on any atom is 0.271 e. The molecule has 0 saturated heterocycles. The highest BCUT2D eigenvalue weighted by molar-refractivity contribution is 9.10. The van der Waals surface area contributed by atoms with Crippen LogP contribution in [0.2, 0.25) is 0 Å². The summed E-state index contributed by atoms with van der Waals surface area (Å²) in [6, 6.07) is 10.3. The fraction of sp³-hybridized carbons (Fsp3) is 0.440. The lowest BCUT2D eigenvalue weighted by molar-refractivity contribution is -0.384. The minimum absolute atomic E-state index is 0.0375. The topological polar surface area (TPSA) is 130 Å². The summed E-state index contributed by atoms with van der Waals surface area (Å²) in [4.78, 5) is 38.8. The fourth-order valence-corrected chi connectivity index (χ4v) is 5.73. The second-order valence-corrected chi connectivity index (χ2v) is 12.1. The first kappa shape index (κ1) is 28.6. The van der Waals surface area contributed by atoms with E-state index in [1.807, 2.05) is 18.2 Å². The van der Waals surface area contributed by atoms with Gasteiger partial charge in [0, 0.05) is 29.2 Å². The normalized spacial score (nSPS) is 14.7.